The van der Waals surface area contributed by atoms with Gasteiger partial charge in [0.15, 0.2) is 0 Å². The van der Waals surface area contributed by atoms with Gasteiger partial charge in [0, 0.05) is 29.6 Å². The Hall–Kier alpha value is -3.52. The second kappa shape index (κ2) is 7.96. The molecule has 0 amide bonds. The fourth-order valence-corrected chi connectivity index (χ4v) is 4.77. The molecule has 0 N–H and O–H groups in total. The lowest BCUT2D eigenvalue weighted by atomic mass is 10.1. The molecule has 4 aromatic rings. The van der Waals surface area contributed by atoms with Gasteiger partial charge in [-0.1, -0.05) is 12.1 Å². The van der Waals surface area contributed by atoms with Crippen molar-refractivity contribution in [3.05, 3.63) is 90.4 Å². The molecule has 0 unspecified atom stereocenters. The maximum atomic E-state index is 14.4. The van der Waals surface area contributed by atoms with Gasteiger partial charge >= 0.3 is 0 Å². The highest BCUT2D eigenvalue weighted by molar-refractivity contribution is 7.90. The summed E-state index contributed by atoms with van der Waals surface area (Å²) in [6.45, 7) is 1.70. The largest absolute Gasteiger partial charge is 0.495 e. The van der Waals surface area contributed by atoms with E-state index in [1.165, 1.54) is 31.5 Å². The van der Waals surface area contributed by atoms with E-state index in [4.69, 9.17) is 4.74 Å². The van der Waals surface area contributed by atoms with Crippen LogP contribution in [0.2, 0.25) is 0 Å². The zero-order valence-electron chi connectivity index (χ0n) is 16.7. The molecule has 0 fully saturated rings. The molecule has 31 heavy (non-hydrogen) atoms. The van der Waals surface area contributed by atoms with E-state index in [2.05, 4.69) is 4.98 Å². The molecule has 0 atom stereocenters. The fourth-order valence-electron chi connectivity index (χ4n) is 3.30. The first kappa shape index (κ1) is 20.7. The number of benzene rings is 2. The molecule has 0 spiro atoms. The topological polar surface area (TPSA) is 61.2 Å². The quantitative estimate of drug-likeness (QED) is 0.436. The van der Waals surface area contributed by atoms with E-state index in [1.807, 2.05) is 0 Å². The van der Waals surface area contributed by atoms with Crippen molar-refractivity contribution in [2.45, 2.75) is 11.8 Å². The van der Waals surface area contributed by atoms with E-state index < -0.39 is 21.7 Å². The average Bonchev–Trinajstić information content (AvgIpc) is 3.16. The minimum atomic E-state index is -4.07. The number of ether oxygens (including phenoxy) is 1. The Morgan fingerprint density at radius 2 is 1.77 bits per heavy atom. The average molecular weight is 440 g/mol. The summed E-state index contributed by atoms with van der Waals surface area (Å²) in [5.74, 6) is -1.04. The van der Waals surface area contributed by atoms with Gasteiger partial charge < -0.3 is 4.74 Å². The molecule has 0 aliphatic carbocycles. The zero-order valence-corrected chi connectivity index (χ0v) is 17.5. The minimum Gasteiger partial charge on any atom is -0.495 e. The molecule has 2 aromatic carbocycles. The molecule has 8 heteroatoms. The van der Waals surface area contributed by atoms with Crippen LogP contribution >= 0.6 is 0 Å². The van der Waals surface area contributed by atoms with Crippen molar-refractivity contribution in [2.75, 3.05) is 7.11 Å². The van der Waals surface area contributed by atoms with Crippen LogP contribution in [0.1, 0.15) is 5.56 Å². The number of hydrogen-bond donors (Lipinski definition) is 0. The van der Waals surface area contributed by atoms with E-state index in [0.29, 0.717) is 22.4 Å². The Labute approximate surface area is 178 Å². The number of aromatic nitrogens is 2. The highest BCUT2D eigenvalue weighted by Crippen LogP contribution is 2.31. The first-order chi connectivity index (χ1) is 14.8. The van der Waals surface area contributed by atoms with Crippen LogP contribution < -0.4 is 4.74 Å². The molecular weight excluding hydrogens is 422 g/mol. The first-order valence-corrected chi connectivity index (χ1v) is 10.7. The van der Waals surface area contributed by atoms with E-state index in [0.717, 1.165) is 16.1 Å². The summed E-state index contributed by atoms with van der Waals surface area (Å²) >= 11 is 0. The summed E-state index contributed by atoms with van der Waals surface area (Å²) in [7, 11) is -2.55. The molecule has 158 valence electrons. The summed E-state index contributed by atoms with van der Waals surface area (Å²) in [6.07, 6.45) is 4.57. The van der Waals surface area contributed by atoms with Crippen LogP contribution in [0.15, 0.2) is 78.1 Å². The number of pyridine rings is 1. The number of rotatable bonds is 5. The van der Waals surface area contributed by atoms with Crippen molar-refractivity contribution in [3.63, 3.8) is 0 Å². The SMILES string of the molecule is COc1cncc(-c2cccc(S(=O)(=O)n3cc(C)cc3-c3ccc(F)cc3F)c2)c1. The second-order valence-electron chi connectivity index (χ2n) is 6.97. The van der Waals surface area contributed by atoms with Gasteiger partial charge in [0.1, 0.15) is 17.4 Å². The number of hydrogen-bond acceptors (Lipinski definition) is 4. The third-order valence-electron chi connectivity index (χ3n) is 4.80. The highest BCUT2D eigenvalue weighted by atomic mass is 32.2. The van der Waals surface area contributed by atoms with Crippen molar-refractivity contribution in [3.8, 4) is 28.1 Å². The fraction of sp³-hybridized carbons (Fsp3) is 0.0870. The maximum absolute atomic E-state index is 14.4. The molecule has 0 bridgehead atoms. The van der Waals surface area contributed by atoms with Crippen molar-refractivity contribution >= 4 is 10.0 Å². The lowest BCUT2D eigenvalue weighted by Gasteiger charge is -2.12. The molecule has 0 aliphatic heterocycles. The molecule has 0 radical (unpaired) electrons. The van der Waals surface area contributed by atoms with E-state index in [1.54, 1.807) is 43.6 Å². The summed E-state index contributed by atoms with van der Waals surface area (Å²) in [5, 5.41) is 0. The standard InChI is InChI=1S/C23H18F2N2O3S/c1-15-8-23(21-7-6-18(24)11-22(21)25)27(14-15)31(28,29)20-5-3-4-16(10-20)17-9-19(30-2)13-26-12-17/h3-14H,1-2H3. The van der Waals surface area contributed by atoms with Crippen LogP contribution in [0.5, 0.6) is 5.75 Å². The predicted octanol–water partition coefficient (Wildman–Crippen LogP) is 5.05. The molecule has 5 nitrogen and oxygen atoms in total. The molecule has 0 saturated carbocycles. The van der Waals surface area contributed by atoms with Gasteiger partial charge in [0.2, 0.25) is 0 Å². The summed E-state index contributed by atoms with van der Waals surface area (Å²) in [5.41, 5.74) is 2.04. The Morgan fingerprint density at radius 1 is 0.968 bits per heavy atom. The van der Waals surface area contributed by atoms with Crippen LogP contribution in [0.25, 0.3) is 22.4 Å². The monoisotopic (exact) mass is 440 g/mol. The summed E-state index contributed by atoms with van der Waals surface area (Å²) < 4.78 is 60.9. The lowest BCUT2D eigenvalue weighted by molar-refractivity contribution is 0.413. The first-order valence-electron chi connectivity index (χ1n) is 9.29. The van der Waals surface area contributed by atoms with Gasteiger partial charge in [0.05, 0.1) is 23.9 Å². The third kappa shape index (κ3) is 3.94. The van der Waals surface area contributed by atoms with Gasteiger partial charge in [0.25, 0.3) is 10.0 Å². The molecule has 2 heterocycles. The van der Waals surface area contributed by atoms with Crippen molar-refractivity contribution in [1.29, 1.82) is 0 Å². The van der Waals surface area contributed by atoms with Gasteiger partial charge in [-0.3, -0.25) is 4.98 Å². The molecule has 2 aromatic heterocycles. The number of methoxy groups -OCH3 is 1. The number of halogens is 2. The zero-order chi connectivity index (χ0) is 22.2. The lowest BCUT2D eigenvalue weighted by Crippen LogP contribution is -2.13. The molecule has 0 aliphatic rings. The smallest absolute Gasteiger partial charge is 0.268 e. The maximum Gasteiger partial charge on any atom is 0.268 e. The number of aryl methyl sites for hydroxylation is 1. The van der Waals surface area contributed by atoms with Crippen LogP contribution in [0.4, 0.5) is 8.78 Å². The van der Waals surface area contributed by atoms with Crippen LogP contribution in [-0.2, 0) is 10.0 Å². The van der Waals surface area contributed by atoms with Crippen molar-refractivity contribution < 1.29 is 21.9 Å². The van der Waals surface area contributed by atoms with Gasteiger partial charge in [-0.2, -0.15) is 0 Å². The van der Waals surface area contributed by atoms with Crippen molar-refractivity contribution in [2.24, 2.45) is 0 Å². The third-order valence-corrected chi connectivity index (χ3v) is 6.47. The Balaban J connectivity index is 1.83. The van der Waals surface area contributed by atoms with Crippen LogP contribution in [0.3, 0.4) is 0 Å². The molecule has 0 saturated heterocycles. The van der Waals surface area contributed by atoms with Gasteiger partial charge in [-0.25, -0.2) is 21.2 Å². The van der Waals surface area contributed by atoms with E-state index in [9.17, 15) is 17.2 Å². The van der Waals surface area contributed by atoms with Gasteiger partial charge in [-0.05, 0) is 54.4 Å². The predicted molar refractivity (Wildman–Crippen MR) is 113 cm³/mol. The van der Waals surface area contributed by atoms with Crippen molar-refractivity contribution in [1.82, 2.24) is 8.96 Å². The Kier molecular flexibility index (Phi) is 5.32. The van der Waals surface area contributed by atoms with E-state index in [-0.39, 0.29) is 16.2 Å². The Morgan fingerprint density at radius 3 is 2.52 bits per heavy atom. The van der Waals surface area contributed by atoms with Crippen LogP contribution in [-0.4, -0.2) is 24.5 Å². The van der Waals surface area contributed by atoms with E-state index >= 15 is 0 Å². The second-order valence-corrected chi connectivity index (χ2v) is 8.78. The summed E-state index contributed by atoms with van der Waals surface area (Å²) in [4.78, 5) is 4.12. The minimum absolute atomic E-state index is 0.00812. The van der Waals surface area contributed by atoms with Crippen LogP contribution in [0, 0.1) is 18.6 Å². The summed E-state index contributed by atoms with van der Waals surface area (Å²) in [6, 6.07) is 12.7. The highest BCUT2D eigenvalue weighted by Gasteiger charge is 2.23. The molecule has 4 rings (SSSR count). The normalized spacial score (nSPS) is 11.5. The molecular formula is C23H18F2N2O3S. The van der Waals surface area contributed by atoms with Gasteiger partial charge in [-0.15, -0.1) is 0 Å². The number of nitrogens with zero attached hydrogens (tertiary/aromatic N) is 2. The Bertz CT molecular complexity index is 1380.